The van der Waals surface area contributed by atoms with E-state index in [9.17, 15) is 19.5 Å². The van der Waals surface area contributed by atoms with Crippen LogP contribution in [0.1, 0.15) is 55.0 Å². The number of rotatable bonds is 11. The second-order valence-electron chi connectivity index (χ2n) is 9.65. The Kier molecular flexibility index (Phi) is 10.2. The van der Waals surface area contributed by atoms with Crippen LogP contribution in [0.4, 0.5) is 0 Å². The van der Waals surface area contributed by atoms with Crippen molar-refractivity contribution in [2.24, 2.45) is 5.41 Å². The fourth-order valence-corrected chi connectivity index (χ4v) is 3.90. The van der Waals surface area contributed by atoms with Gasteiger partial charge in [-0.05, 0) is 43.2 Å². The highest BCUT2D eigenvalue weighted by Gasteiger charge is 2.43. The van der Waals surface area contributed by atoms with Gasteiger partial charge in [-0.25, -0.2) is 4.79 Å². The van der Waals surface area contributed by atoms with Crippen molar-refractivity contribution in [3.05, 3.63) is 65.2 Å². The maximum Gasteiger partial charge on any atom is 0.338 e. The van der Waals surface area contributed by atoms with Gasteiger partial charge in [0.15, 0.2) is 6.29 Å². The zero-order chi connectivity index (χ0) is 27.7. The van der Waals surface area contributed by atoms with Crippen molar-refractivity contribution in [3.63, 3.8) is 0 Å². The molecule has 38 heavy (non-hydrogen) atoms. The molecule has 0 aromatic heterocycles. The zero-order valence-electron chi connectivity index (χ0n) is 22.2. The number of hydrogen-bond acceptors (Lipinski definition) is 8. The molecule has 2 aromatic rings. The molecule has 10 heteroatoms. The molecule has 3 unspecified atom stereocenters. The molecular weight excluding hydrogens is 492 g/mol. The Labute approximate surface area is 222 Å². The van der Waals surface area contributed by atoms with Crippen molar-refractivity contribution in [2.45, 2.75) is 52.2 Å². The number of carbonyl (C=O) groups is 3. The average molecular weight is 529 g/mol. The molecular formula is C28H36N2O8. The van der Waals surface area contributed by atoms with E-state index in [-0.39, 0.29) is 25.4 Å². The summed E-state index contributed by atoms with van der Waals surface area (Å²) in [5, 5.41) is 15.7. The number of hydrogen-bond donors (Lipinski definition) is 3. The van der Waals surface area contributed by atoms with Crippen molar-refractivity contribution in [1.29, 1.82) is 0 Å². The third-order valence-electron chi connectivity index (χ3n) is 6.15. The molecule has 1 aliphatic rings. The SMILES string of the molecule is CCOC(=O)c1ccc(CNC(=O)C(O)CCNC(=O)C2OC(c3ccc(OC)cc3)OCC2(C)C)cc1. The summed E-state index contributed by atoms with van der Waals surface area (Å²) in [5.41, 5.74) is 1.37. The number of benzene rings is 2. The molecule has 2 aromatic carbocycles. The fraction of sp³-hybridized carbons (Fsp3) is 0.464. The minimum Gasteiger partial charge on any atom is -0.497 e. The van der Waals surface area contributed by atoms with Crippen LogP contribution in [0.3, 0.4) is 0 Å². The Morgan fingerprint density at radius 2 is 1.76 bits per heavy atom. The minimum absolute atomic E-state index is 0.0327. The van der Waals surface area contributed by atoms with Gasteiger partial charge in [0.1, 0.15) is 18.0 Å². The van der Waals surface area contributed by atoms with E-state index in [1.807, 2.05) is 26.0 Å². The lowest BCUT2D eigenvalue weighted by Crippen LogP contribution is -2.52. The van der Waals surface area contributed by atoms with Crippen LogP contribution in [0.25, 0.3) is 0 Å². The topological polar surface area (TPSA) is 132 Å². The van der Waals surface area contributed by atoms with Gasteiger partial charge in [-0.3, -0.25) is 9.59 Å². The summed E-state index contributed by atoms with van der Waals surface area (Å²) in [6.45, 7) is 6.37. The van der Waals surface area contributed by atoms with Crippen LogP contribution < -0.4 is 15.4 Å². The first-order valence-electron chi connectivity index (χ1n) is 12.5. The van der Waals surface area contributed by atoms with Crippen molar-refractivity contribution < 1.29 is 38.4 Å². The second kappa shape index (κ2) is 13.4. The quantitative estimate of drug-likeness (QED) is 0.379. The molecule has 3 atom stereocenters. The highest BCUT2D eigenvalue weighted by Crippen LogP contribution is 2.36. The standard InChI is InChI=1S/C28H36N2O8/c1-5-36-26(34)19-8-6-18(7-9-19)16-30-24(32)22(31)14-15-29-25(33)23-28(2,3)17-37-27(38-23)20-10-12-21(35-4)13-11-20/h6-13,22-23,27,31H,5,14-17H2,1-4H3,(H,29,33)(H,30,32). The molecule has 0 spiro atoms. The first-order chi connectivity index (χ1) is 18.1. The summed E-state index contributed by atoms with van der Waals surface area (Å²) in [7, 11) is 1.58. The number of carbonyl (C=O) groups excluding carboxylic acids is 3. The number of nitrogens with one attached hydrogen (secondary N) is 2. The Balaban J connectivity index is 1.45. The lowest BCUT2D eigenvalue weighted by Gasteiger charge is -2.41. The second-order valence-corrected chi connectivity index (χ2v) is 9.65. The van der Waals surface area contributed by atoms with Gasteiger partial charge in [-0.1, -0.05) is 38.1 Å². The van der Waals surface area contributed by atoms with Gasteiger partial charge >= 0.3 is 5.97 Å². The smallest absolute Gasteiger partial charge is 0.338 e. The van der Waals surface area contributed by atoms with Crippen LogP contribution in [0.2, 0.25) is 0 Å². The Bertz CT molecular complexity index is 1090. The van der Waals surface area contributed by atoms with E-state index in [0.29, 0.717) is 24.5 Å². The summed E-state index contributed by atoms with van der Waals surface area (Å²) < 4.78 is 22.0. The van der Waals surface area contributed by atoms with E-state index in [2.05, 4.69) is 10.6 Å². The summed E-state index contributed by atoms with van der Waals surface area (Å²) in [6.07, 6.45) is -2.76. The zero-order valence-corrected chi connectivity index (χ0v) is 22.2. The van der Waals surface area contributed by atoms with E-state index >= 15 is 0 Å². The number of amides is 2. The van der Waals surface area contributed by atoms with Gasteiger partial charge in [0.05, 0.1) is 25.9 Å². The predicted molar refractivity (Wildman–Crippen MR) is 138 cm³/mol. The molecule has 10 nitrogen and oxygen atoms in total. The Morgan fingerprint density at radius 1 is 1.08 bits per heavy atom. The fourth-order valence-electron chi connectivity index (χ4n) is 3.90. The van der Waals surface area contributed by atoms with Gasteiger partial charge in [0.25, 0.3) is 0 Å². The lowest BCUT2D eigenvalue weighted by atomic mass is 9.85. The number of aliphatic hydroxyl groups excluding tert-OH is 1. The molecule has 1 heterocycles. The first-order valence-corrected chi connectivity index (χ1v) is 12.5. The summed E-state index contributed by atoms with van der Waals surface area (Å²) >= 11 is 0. The molecule has 0 radical (unpaired) electrons. The third-order valence-corrected chi connectivity index (χ3v) is 6.15. The molecule has 2 amide bonds. The van der Waals surface area contributed by atoms with Crippen LogP contribution in [-0.2, 0) is 30.3 Å². The molecule has 1 aliphatic heterocycles. The first kappa shape index (κ1) is 29.1. The van der Waals surface area contributed by atoms with Gasteiger partial charge in [0.2, 0.25) is 11.8 Å². The molecule has 1 fully saturated rings. The molecule has 3 rings (SSSR count). The number of ether oxygens (including phenoxy) is 4. The largest absolute Gasteiger partial charge is 0.497 e. The predicted octanol–water partition coefficient (Wildman–Crippen LogP) is 2.50. The van der Waals surface area contributed by atoms with E-state index in [4.69, 9.17) is 18.9 Å². The van der Waals surface area contributed by atoms with Crippen molar-refractivity contribution >= 4 is 17.8 Å². The van der Waals surface area contributed by atoms with Gasteiger partial charge in [0, 0.05) is 24.1 Å². The van der Waals surface area contributed by atoms with Crippen LogP contribution in [0.5, 0.6) is 5.75 Å². The maximum atomic E-state index is 12.9. The van der Waals surface area contributed by atoms with E-state index in [1.54, 1.807) is 50.4 Å². The van der Waals surface area contributed by atoms with Gasteiger partial charge < -0.3 is 34.7 Å². The number of esters is 1. The van der Waals surface area contributed by atoms with E-state index in [1.165, 1.54) is 0 Å². The van der Waals surface area contributed by atoms with Crippen molar-refractivity contribution in [1.82, 2.24) is 10.6 Å². The Morgan fingerprint density at radius 3 is 2.39 bits per heavy atom. The monoisotopic (exact) mass is 528 g/mol. The minimum atomic E-state index is -1.30. The van der Waals surface area contributed by atoms with Crippen LogP contribution in [-0.4, -0.2) is 62.0 Å². The average Bonchev–Trinajstić information content (AvgIpc) is 2.92. The van der Waals surface area contributed by atoms with Crippen LogP contribution in [0, 0.1) is 5.41 Å². The summed E-state index contributed by atoms with van der Waals surface area (Å²) in [6, 6.07) is 13.9. The highest BCUT2D eigenvalue weighted by molar-refractivity contribution is 5.89. The lowest BCUT2D eigenvalue weighted by molar-refractivity contribution is -0.258. The van der Waals surface area contributed by atoms with E-state index in [0.717, 1.165) is 11.1 Å². The van der Waals surface area contributed by atoms with Crippen molar-refractivity contribution in [3.8, 4) is 5.75 Å². The number of methoxy groups -OCH3 is 1. The normalized spacial score (nSPS) is 19.2. The van der Waals surface area contributed by atoms with Crippen molar-refractivity contribution in [2.75, 3.05) is 26.9 Å². The van der Waals surface area contributed by atoms with E-state index < -0.39 is 35.8 Å². The van der Waals surface area contributed by atoms with Crippen LogP contribution >= 0.6 is 0 Å². The third kappa shape index (κ3) is 7.77. The molecule has 0 bridgehead atoms. The molecule has 0 saturated carbocycles. The number of aliphatic hydroxyl groups is 1. The Hall–Kier alpha value is -3.47. The highest BCUT2D eigenvalue weighted by atomic mass is 16.7. The molecule has 3 N–H and O–H groups in total. The summed E-state index contributed by atoms with van der Waals surface area (Å²) in [4.78, 5) is 37.0. The van der Waals surface area contributed by atoms with Gasteiger partial charge in [-0.2, -0.15) is 0 Å². The summed E-state index contributed by atoms with van der Waals surface area (Å²) in [5.74, 6) is -0.609. The van der Waals surface area contributed by atoms with Gasteiger partial charge in [-0.15, -0.1) is 0 Å². The van der Waals surface area contributed by atoms with Crippen LogP contribution in [0.15, 0.2) is 48.5 Å². The molecule has 206 valence electrons. The maximum absolute atomic E-state index is 12.9. The molecule has 1 saturated heterocycles. The molecule has 0 aliphatic carbocycles.